The minimum atomic E-state index is 0.410. The van der Waals surface area contributed by atoms with Crippen LogP contribution in [0, 0.1) is 12.8 Å². The van der Waals surface area contributed by atoms with Crippen LogP contribution in [0.4, 0.5) is 10.8 Å². The third kappa shape index (κ3) is 4.79. The second kappa shape index (κ2) is 8.86. The third-order valence-corrected chi connectivity index (χ3v) is 5.87. The van der Waals surface area contributed by atoms with E-state index in [0.29, 0.717) is 5.92 Å². The summed E-state index contributed by atoms with van der Waals surface area (Å²) in [5.74, 6) is 1.30. The standard InChI is InChI=1S/C21H27N5OS/c1-15-13-23-21(28-15)25-20-11-16(14-26-6-8-27-9-7-26)10-19(24-20)17-4-3-5-18(12-17)22-2/h3-5,11-13,16,22H,6-10,14H2,1-2H3,(H,23,25). The molecule has 0 bridgehead atoms. The average molecular weight is 398 g/mol. The quantitative estimate of drug-likeness (QED) is 0.780. The van der Waals surface area contributed by atoms with Crippen LogP contribution in [0.25, 0.3) is 0 Å². The van der Waals surface area contributed by atoms with Crippen LogP contribution in [-0.4, -0.2) is 55.5 Å². The first-order chi connectivity index (χ1) is 13.7. The number of ether oxygens (including phenoxy) is 1. The number of anilines is 2. The topological polar surface area (TPSA) is 61.8 Å². The van der Waals surface area contributed by atoms with Crippen molar-refractivity contribution in [2.24, 2.45) is 10.9 Å². The molecule has 4 rings (SSSR count). The van der Waals surface area contributed by atoms with E-state index >= 15 is 0 Å². The van der Waals surface area contributed by atoms with Gasteiger partial charge in [-0.1, -0.05) is 12.1 Å². The maximum Gasteiger partial charge on any atom is 0.188 e. The molecule has 148 valence electrons. The molecule has 28 heavy (non-hydrogen) atoms. The van der Waals surface area contributed by atoms with Crippen LogP contribution < -0.4 is 10.6 Å². The highest BCUT2D eigenvalue weighted by molar-refractivity contribution is 7.15. The average Bonchev–Trinajstić information content (AvgIpc) is 3.13. The van der Waals surface area contributed by atoms with Crippen molar-refractivity contribution in [2.45, 2.75) is 13.3 Å². The number of rotatable bonds is 6. The molecule has 1 fully saturated rings. The van der Waals surface area contributed by atoms with Gasteiger partial charge in [-0.3, -0.25) is 4.90 Å². The molecule has 3 heterocycles. The summed E-state index contributed by atoms with van der Waals surface area (Å²) in [5, 5.41) is 7.53. The monoisotopic (exact) mass is 397 g/mol. The van der Waals surface area contributed by atoms with E-state index in [9.17, 15) is 0 Å². The molecule has 2 N–H and O–H groups in total. The largest absolute Gasteiger partial charge is 0.388 e. The zero-order valence-electron chi connectivity index (χ0n) is 16.4. The van der Waals surface area contributed by atoms with E-state index in [1.807, 2.05) is 13.2 Å². The first-order valence-electron chi connectivity index (χ1n) is 9.77. The molecule has 1 aromatic carbocycles. The molecule has 2 aliphatic heterocycles. The molecule has 0 amide bonds. The Labute approximate surface area is 170 Å². The summed E-state index contributed by atoms with van der Waals surface area (Å²) >= 11 is 1.65. The number of aromatic nitrogens is 1. The number of thiazole rings is 1. The number of hydrogen-bond acceptors (Lipinski definition) is 7. The number of nitrogens with zero attached hydrogens (tertiary/aromatic N) is 3. The summed E-state index contributed by atoms with van der Waals surface area (Å²) in [7, 11) is 1.95. The van der Waals surface area contributed by atoms with E-state index in [0.717, 1.165) is 61.6 Å². The van der Waals surface area contributed by atoms with Crippen molar-refractivity contribution >= 4 is 27.9 Å². The van der Waals surface area contributed by atoms with Crippen LogP contribution in [0.15, 0.2) is 47.4 Å². The maximum atomic E-state index is 5.50. The minimum absolute atomic E-state index is 0.410. The molecule has 1 atom stereocenters. The highest BCUT2D eigenvalue weighted by Crippen LogP contribution is 2.26. The second-order valence-corrected chi connectivity index (χ2v) is 8.45. The summed E-state index contributed by atoms with van der Waals surface area (Å²) in [6.07, 6.45) is 5.09. The lowest BCUT2D eigenvalue weighted by Gasteiger charge is -2.31. The van der Waals surface area contributed by atoms with Gasteiger partial charge < -0.3 is 15.4 Å². The van der Waals surface area contributed by atoms with Gasteiger partial charge in [0.05, 0.1) is 18.9 Å². The van der Waals surface area contributed by atoms with Crippen LogP contribution in [0.3, 0.4) is 0 Å². The van der Waals surface area contributed by atoms with Crippen molar-refractivity contribution in [3.8, 4) is 0 Å². The Balaban J connectivity index is 1.58. The molecule has 2 aliphatic rings. The summed E-state index contributed by atoms with van der Waals surface area (Å²) in [4.78, 5) is 13.1. The highest BCUT2D eigenvalue weighted by Gasteiger charge is 2.22. The molecule has 1 saturated heterocycles. The third-order valence-electron chi connectivity index (χ3n) is 5.04. The van der Waals surface area contributed by atoms with Crippen molar-refractivity contribution in [3.05, 3.63) is 52.8 Å². The van der Waals surface area contributed by atoms with Gasteiger partial charge in [0.25, 0.3) is 0 Å². The molecule has 1 aromatic heterocycles. The number of aliphatic imine (C=N–C) groups is 1. The summed E-state index contributed by atoms with van der Waals surface area (Å²) in [6.45, 7) is 6.74. The van der Waals surface area contributed by atoms with Gasteiger partial charge in [0.15, 0.2) is 5.13 Å². The fourth-order valence-electron chi connectivity index (χ4n) is 3.62. The van der Waals surface area contributed by atoms with Crippen molar-refractivity contribution in [3.63, 3.8) is 0 Å². The fourth-order valence-corrected chi connectivity index (χ4v) is 4.29. The van der Waals surface area contributed by atoms with E-state index in [2.05, 4.69) is 57.8 Å². The van der Waals surface area contributed by atoms with Crippen LogP contribution in [0.1, 0.15) is 16.9 Å². The Hall–Kier alpha value is -2.22. The van der Waals surface area contributed by atoms with Gasteiger partial charge in [0.2, 0.25) is 0 Å². The summed E-state index contributed by atoms with van der Waals surface area (Å²) in [6, 6.07) is 8.46. The van der Waals surface area contributed by atoms with E-state index in [1.165, 1.54) is 10.4 Å². The van der Waals surface area contributed by atoms with Gasteiger partial charge in [0.1, 0.15) is 5.82 Å². The van der Waals surface area contributed by atoms with Crippen LogP contribution in [0.5, 0.6) is 0 Å². The molecule has 0 spiro atoms. The lowest BCUT2D eigenvalue weighted by molar-refractivity contribution is 0.0337. The number of benzene rings is 1. The van der Waals surface area contributed by atoms with Gasteiger partial charge in [0, 0.05) is 43.4 Å². The van der Waals surface area contributed by atoms with E-state index in [-0.39, 0.29) is 0 Å². The lowest BCUT2D eigenvalue weighted by atomic mass is 9.94. The smallest absolute Gasteiger partial charge is 0.188 e. The molecule has 2 aromatic rings. The summed E-state index contributed by atoms with van der Waals surface area (Å²) in [5.41, 5.74) is 3.39. The number of aryl methyl sites for hydroxylation is 1. The summed E-state index contributed by atoms with van der Waals surface area (Å²) < 4.78 is 5.50. The Morgan fingerprint density at radius 3 is 2.89 bits per heavy atom. The molecule has 7 heteroatoms. The molecule has 1 unspecified atom stereocenters. The molecular weight excluding hydrogens is 370 g/mol. The molecular formula is C21H27N5OS. The van der Waals surface area contributed by atoms with E-state index < -0.39 is 0 Å². The highest BCUT2D eigenvalue weighted by atomic mass is 32.1. The van der Waals surface area contributed by atoms with Crippen molar-refractivity contribution in [2.75, 3.05) is 50.5 Å². The predicted octanol–water partition coefficient (Wildman–Crippen LogP) is 3.59. The van der Waals surface area contributed by atoms with Crippen molar-refractivity contribution < 1.29 is 4.74 Å². The van der Waals surface area contributed by atoms with E-state index in [1.54, 1.807) is 11.3 Å². The normalized spacial score (nSPS) is 20.4. The Morgan fingerprint density at radius 2 is 2.14 bits per heavy atom. The number of nitrogens with one attached hydrogen (secondary N) is 2. The van der Waals surface area contributed by atoms with Crippen LogP contribution in [-0.2, 0) is 4.74 Å². The van der Waals surface area contributed by atoms with Gasteiger partial charge in [-0.2, -0.15) is 0 Å². The first-order valence-corrected chi connectivity index (χ1v) is 10.6. The predicted molar refractivity (Wildman–Crippen MR) is 116 cm³/mol. The Bertz CT molecular complexity index is 869. The molecule has 0 aliphatic carbocycles. The lowest BCUT2D eigenvalue weighted by Crippen LogP contribution is -2.40. The first kappa shape index (κ1) is 19.1. The molecule has 0 radical (unpaired) electrons. The zero-order chi connectivity index (χ0) is 19.3. The van der Waals surface area contributed by atoms with Gasteiger partial charge in [-0.05, 0) is 43.0 Å². The molecule has 0 saturated carbocycles. The van der Waals surface area contributed by atoms with Crippen molar-refractivity contribution in [1.82, 2.24) is 9.88 Å². The Morgan fingerprint density at radius 1 is 1.29 bits per heavy atom. The van der Waals surface area contributed by atoms with E-state index in [4.69, 9.17) is 9.73 Å². The van der Waals surface area contributed by atoms with Crippen LogP contribution >= 0.6 is 11.3 Å². The van der Waals surface area contributed by atoms with Gasteiger partial charge >= 0.3 is 0 Å². The minimum Gasteiger partial charge on any atom is -0.388 e. The second-order valence-electron chi connectivity index (χ2n) is 7.22. The van der Waals surface area contributed by atoms with Gasteiger partial charge in [-0.15, -0.1) is 11.3 Å². The maximum absolute atomic E-state index is 5.50. The zero-order valence-corrected chi connectivity index (χ0v) is 17.3. The fraction of sp³-hybridized carbons (Fsp3) is 0.429. The van der Waals surface area contributed by atoms with Crippen molar-refractivity contribution in [1.29, 1.82) is 0 Å². The molecule has 6 nitrogen and oxygen atoms in total. The number of morpholine rings is 1. The van der Waals surface area contributed by atoms with Crippen LogP contribution in [0.2, 0.25) is 0 Å². The Kier molecular flexibility index (Phi) is 6.04. The number of hydrogen-bond donors (Lipinski definition) is 2. The van der Waals surface area contributed by atoms with Gasteiger partial charge in [-0.25, -0.2) is 9.98 Å². The SMILES string of the molecule is CNc1cccc(C2=NC(Nc3ncc(C)s3)=CC(CN3CCOCC3)C2)c1.